The van der Waals surface area contributed by atoms with Crippen LogP contribution in [0.4, 0.5) is 0 Å². The maximum absolute atomic E-state index is 12.7. The third-order valence-corrected chi connectivity index (χ3v) is 13.5. The monoisotopic (exact) mass is 626 g/mol. The van der Waals surface area contributed by atoms with Crippen LogP contribution in [0.5, 0.6) is 0 Å². The summed E-state index contributed by atoms with van der Waals surface area (Å²) in [6, 6.07) is 20.6. The average Bonchev–Trinajstić information content (AvgIpc) is 2.96. The largest absolute Gasteiger partial charge is 0.458 e. The molecule has 1 fully saturated rings. The second-order valence-corrected chi connectivity index (χ2v) is 18.3. The summed E-state index contributed by atoms with van der Waals surface area (Å²) in [4.78, 5) is 12.5. The summed E-state index contributed by atoms with van der Waals surface area (Å²) >= 11 is 0. The Labute approximate surface area is 260 Å². The van der Waals surface area contributed by atoms with Crippen molar-refractivity contribution in [3.05, 3.63) is 85.0 Å². The van der Waals surface area contributed by atoms with Gasteiger partial charge >= 0.3 is 5.97 Å². The van der Waals surface area contributed by atoms with E-state index in [1.807, 2.05) is 42.5 Å². The number of hydrogen-bond acceptors (Lipinski definition) is 6. The van der Waals surface area contributed by atoms with Crippen LogP contribution in [0.1, 0.15) is 85.5 Å². The van der Waals surface area contributed by atoms with Crippen LogP contribution in [0.15, 0.2) is 85.0 Å². The van der Waals surface area contributed by atoms with Gasteiger partial charge in [-0.2, -0.15) is 8.42 Å². The number of cyclic esters (lactones) is 1. The maximum Gasteiger partial charge on any atom is 0.306 e. The van der Waals surface area contributed by atoms with Crippen LogP contribution >= 0.6 is 0 Å². The normalized spacial score (nSPS) is 19.3. The van der Waals surface area contributed by atoms with Gasteiger partial charge in [0.2, 0.25) is 0 Å². The van der Waals surface area contributed by atoms with Crippen LogP contribution in [0.2, 0.25) is 5.04 Å². The van der Waals surface area contributed by atoms with Gasteiger partial charge in [0.15, 0.2) is 0 Å². The minimum absolute atomic E-state index is 0.219. The predicted molar refractivity (Wildman–Crippen MR) is 178 cm³/mol. The van der Waals surface area contributed by atoms with E-state index in [2.05, 4.69) is 58.0 Å². The molecule has 8 heteroatoms. The molecule has 2 aromatic carbocycles. The lowest BCUT2D eigenvalue weighted by Gasteiger charge is -2.46. The SMILES string of the molecule is CC/C=C\C[C@H](O[Si](c1ccccc1)(c1ccccc1)C(C)(C)C)[C@@H](/C=C/[C@H]1CCCCCCCC(=O)O1)OS(C)(=O)=O. The third-order valence-electron chi connectivity index (χ3n) is 7.84. The van der Waals surface area contributed by atoms with E-state index in [-0.39, 0.29) is 11.0 Å². The van der Waals surface area contributed by atoms with Gasteiger partial charge < -0.3 is 9.16 Å². The lowest BCUT2D eigenvalue weighted by atomic mass is 10.0. The lowest BCUT2D eigenvalue weighted by molar-refractivity contribution is -0.147. The maximum atomic E-state index is 12.7. The molecule has 1 heterocycles. The summed E-state index contributed by atoms with van der Waals surface area (Å²) in [7, 11) is -6.90. The highest BCUT2D eigenvalue weighted by atomic mass is 32.2. The quantitative estimate of drug-likeness (QED) is 0.111. The Morgan fingerprint density at radius 3 is 2.07 bits per heavy atom. The van der Waals surface area contributed by atoms with Crippen molar-refractivity contribution in [2.24, 2.45) is 0 Å². The van der Waals surface area contributed by atoms with Crippen molar-refractivity contribution in [2.45, 2.75) is 109 Å². The lowest BCUT2D eigenvalue weighted by Crippen LogP contribution is -2.68. The zero-order valence-corrected chi connectivity index (χ0v) is 28.4. The number of esters is 1. The Bertz CT molecular complexity index is 1250. The molecule has 1 aliphatic rings. The highest BCUT2D eigenvalue weighted by Crippen LogP contribution is 2.38. The molecule has 0 unspecified atom stereocenters. The van der Waals surface area contributed by atoms with E-state index >= 15 is 0 Å². The Hall–Kier alpha value is -2.52. The van der Waals surface area contributed by atoms with E-state index in [1.165, 1.54) is 0 Å². The summed E-state index contributed by atoms with van der Waals surface area (Å²) < 4.78 is 44.3. The van der Waals surface area contributed by atoms with E-state index in [9.17, 15) is 13.2 Å². The van der Waals surface area contributed by atoms with Crippen molar-refractivity contribution in [3.63, 3.8) is 0 Å². The number of ether oxygens (including phenoxy) is 1. The topological polar surface area (TPSA) is 78.9 Å². The number of hydrogen-bond donors (Lipinski definition) is 0. The van der Waals surface area contributed by atoms with Crippen LogP contribution in [0, 0.1) is 0 Å². The summed E-state index contributed by atoms with van der Waals surface area (Å²) in [6.07, 6.45) is 14.1. The summed E-state index contributed by atoms with van der Waals surface area (Å²) in [6.45, 7) is 8.65. The first kappa shape index (κ1) is 35.0. The Morgan fingerprint density at radius 2 is 1.51 bits per heavy atom. The molecular weight excluding hydrogens is 577 g/mol. The van der Waals surface area contributed by atoms with Crippen molar-refractivity contribution in [3.8, 4) is 0 Å². The molecule has 0 aliphatic carbocycles. The molecule has 0 spiro atoms. The molecule has 6 nitrogen and oxygen atoms in total. The molecule has 0 amide bonds. The van der Waals surface area contributed by atoms with Gasteiger partial charge in [-0.3, -0.25) is 8.98 Å². The minimum atomic E-state index is -3.85. The molecule has 0 radical (unpaired) electrons. The molecule has 0 saturated carbocycles. The van der Waals surface area contributed by atoms with Gasteiger partial charge in [0.25, 0.3) is 18.4 Å². The van der Waals surface area contributed by atoms with Crippen LogP contribution in [-0.4, -0.2) is 47.3 Å². The first-order valence-electron chi connectivity index (χ1n) is 15.7. The highest BCUT2D eigenvalue weighted by molar-refractivity contribution is 7.86. The van der Waals surface area contributed by atoms with Gasteiger partial charge in [-0.25, -0.2) is 0 Å². The van der Waals surface area contributed by atoms with Gasteiger partial charge in [0.05, 0.1) is 12.4 Å². The van der Waals surface area contributed by atoms with E-state index in [0.717, 1.165) is 55.2 Å². The van der Waals surface area contributed by atoms with Crippen molar-refractivity contribution < 1.29 is 26.6 Å². The van der Waals surface area contributed by atoms with Gasteiger partial charge in [-0.15, -0.1) is 0 Å². The predicted octanol–water partition coefficient (Wildman–Crippen LogP) is 6.85. The van der Waals surface area contributed by atoms with Gasteiger partial charge in [-0.05, 0) is 53.6 Å². The van der Waals surface area contributed by atoms with Gasteiger partial charge in [0, 0.05) is 6.42 Å². The Balaban J connectivity index is 2.13. The molecule has 1 aliphatic heterocycles. The summed E-state index contributed by atoms with van der Waals surface area (Å²) in [5, 5.41) is 1.89. The first-order valence-corrected chi connectivity index (χ1v) is 19.4. The second-order valence-electron chi connectivity index (χ2n) is 12.4. The van der Waals surface area contributed by atoms with Crippen LogP contribution < -0.4 is 10.4 Å². The van der Waals surface area contributed by atoms with Crippen LogP contribution in [-0.2, 0) is 28.3 Å². The fourth-order valence-corrected chi connectivity index (χ4v) is 11.1. The molecular formula is C35H50O6SSi. The number of allylic oxidation sites excluding steroid dienone is 1. The molecule has 43 heavy (non-hydrogen) atoms. The average molecular weight is 627 g/mol. The number of benzene rings is 2. The Morgan fingerprint density at radius 1 is 0.930 bits per heavy atom. The summed E-state index contributed by atoms with van der Waals surface area (Å²) in [5.41, 5.74) is 0. The van der Waals surface area contributed by atoms with Crippen molar-refractivity contribution >= 4 is 34.8 Å². The molecule has 3 rings (SSSR count). The third kappa shape index (κ3) is 10.6. The van der Waals surface area contributed by atoms with Crippen LogP contribution in [0.3, 0.4) is 0 Å². The molecule has 0 N–H and O–H groups in total. The highest BCUT2D eigenvalue weighted by Gasteiger charge is 2.52. The first-order chi connectivity index (χ1) is 20.5. The molecule has 236 valence electrons. The molecule has 0 aromatic heterocycles. The van der Waals surface area contributed by atoms with Gasteiger partial charge in [-0.1, -0.05) is 126 Å². The standard InChI is InChI=1S/C35H50O6SSi/c1-6-7-13-25-33(32(40-42(5,37)38)28-27-29-20-14-9-8-10-19-26-34(36)39-29)41-43(35(2,3)4,30-21-15-11-16-22-30)31-23-17-12-18-24-31/h7,11-13,15-18,21-24,27-29,32-33H,6,8-10,14,19-20,25-26H2,1-5H3/b13-7-,28-27+/t29-,32-,33+/m1/s1. The fraction of sp³-hybridized carbons (Fsp3) is 0.514. The Kier molecular flexibility index (Phi) is 13.4. The van der Waals surface area contributed by atoms with E-state index < -0.39 is 36.7 Å². The zero-order valence-electron chi connectivity index (χ0n) is 26.5. The molecule has 1 saturated heterocycles. The van der Waals surface area contributed by atoms with Gasteiger partial charge in [0.1, 0.15) is 12.2 Å². The van der Waals surface area contributed by atoms with Crippen molar-refractivity contribution in [1.82, 2.24) is 0 Å². The number of rotatable bonds is 12. The zero-order chi connectivity index (χ0) is 31.3. The number of carbonyl (C=O) groups excluding carboxylic acids is 1. The number of carbonyl (C=O) groups is 1. The van der Waals surface area contributed by atoms with E-state index in [1.54, 1.807) is 12.2 Å². The smallest absolute Gasteiger partial charge is 0.306 e. The molecule has 0 bridgehead atoms. The van der Waals surface area contributed by atoms with Crippen molar-refractivity contribution in [2.75, 3.05) is 6.26 Å². The van der Waals surface area contributed by atoms with Crippen molar-refractivity contribution in [1.29, 1.82) is 0 Å². The van der Waals surface area contributed by atoms with E-state index in [0.29, 0.717) is 19.3 Å². The van der Waals surface area contributed by atoms with Crippen LogP contribution in [0.25, 0.3) is 0 Å². The summed E-state index contributed by atoms with van der Waals surface area (Å²) in [5.74, 6) is -0.219. The van der Waals surface area contributed by atoms with E-state index in [4.69, 9.17) is 13.3 Å². The molecule has 2 aromatic rings. The minimum Gasteiger partial charge on any atom is -0.458 e. The molecule has 3 atom stereocenters. The fourth-order valence-electron chi connectivity index (χ4n) is 5.79. The second kappa shape index (κ2) is 16.5.